The summed E-state index contributed by atoms with van der Waals surface area (Å²) in [6.45, 7) is 2.02. The molecule has 1 atom stereocenters. The molecule has 1 N–H and O–H groups in total. The molecule has 1 aromatic heterocycles. The van der Waals surface area contributed by atoms with E-state index < -0.39 is 0 Å². The second-order valence-electron chi connectivity index (χ2n) is 4.84. The number of halogens is 1. The number of rotatable bonds is 4. The Labute approximate surface area is 127 Å². The van der Waals surface area contributed by atoms with Gasteiger partial charge in [-0.1, -0.05) is 22.8 Å². The van der Waals surface area contributed by atoms with Crippen LogP contribution in [0.3, 0.4) is 0 Å². The summed E-state index contributed by atoms with van der Waals surface area (Å²) >= 11 is 7.62. The second-order valence-corrected chi connectivity index (χ2v) is 6.32. The molecular weight excluding hydrogens is 294 g/mol. The van der Waals surface area contributed by atoms with Crippen LogP contribution in [0, 0.1) is 0 Å². The van der Waals surface area contributed by atoms with Gasteiger partial charge in [0, 0.05) is 16.5 Å². The number of nitrogens with zero attached hydrogens (tertiary/aromatic N) is 2. The molecule has 1 fully saturated rings. The number of hydrogen-bond donors (Lipinski definition) is 1. The van der Waals surface area contributed by atoms with Gasteiger partial charge < -0.3 is 9.84 Å². The molecule has 0 spiro atoms. The standard InChI is InChI=1S/C14H16ClN3OS/c15-11-4-1-5-12(7-11)20-9-13-17-14(19-18-13)10-3-2-6-16-8-10/h1,4-5,7,10,16H,2-3,6,8-9H2/t10-/m1/s1. The second kappa shape index (κ2) is 6.61. The third kappa shape index (κ3) is 3.53. The van der Waals surface area contributed by atoms with Crippen LogP contribution >= 0.6 is 23.4 Å². The third-order valence-electron chi connectivity index (χ3n) is 3.29. The van der Waals surface area contributed by atoms with Gasteiger partial charge in [-0.25, -0.2) is 0 Å². The lowest BCUT2D eigenvalue weighted by atomic mass is 10.00. The molecule has 2 aromatic rings. The van der Waals surface area contributed by atoms with Crippen LogP contribution in [0.5, 0.6) is 0 Å². The largest absolute Gasteiger partial charge is 0.339 e. The fraction of sp³-hybridized carbons (Fsp3) is 0.429. The smallest absolute Gasteiger partial charge is 0.231 e. The van der Waals surface area contributed by atoms with E-state index in [2.05, 4.69) is 15.5 Å². The van der Waals surface area contributed by atoms with Gasteiger partial charge in [0.2, 0.25) is 5.89 Å². The summed E-state index contributed by atoms with van der Waals surface area (Å²) in [7, 11) is 0. The van der Waals surface area contributed by atoms with Gasteiger partial charge in [-0.15, -0.1) is 11.8 Å². The first kappa shape index (κ1) is 13.9. The number of aromatic nitrogens is 2. The fourth-order valence-electron chi connectivity index (χ4n) is 2.26. The van der Waals surface area contributed by atoms with E-state index in [1.807, 2.05) is 24.3 Å². The van der Waals surface area contributed by atoms with Crippen molar-refractivity contribution < 1.29 is 4.52 Å². The zero-order chi connectivity index (χ0) is 13.8. The fourth-order valence-corrected chi connectivity index (χ4v) is 3.31. The quantitative estimate of drug-likeness (QED) is 0.876. The van der Waals surface area contributed by atoms with Crippen LogP contribution in [-0.2, 0) is 5.75 Å². The highest BCUT2D eigenvalue weighted by Crippen LogP contribution is 2.26. The molecule has 0 amide bonds. The lowest BCUT2D eigenvalue weighted by Gasteiger charge is -2.18. The van der Waals surface area contributed by atoms with Gasteiger partial charge in [-0.2, -0.15) is 4.98 Å². The van der Waals surface area contributed by atoms with Crippen molar-refractivity contribution in [3.05, 3.63) is 41.0 Å². The van der Waals surface area contributed by atoms with Crippen LogP contribution in [0.4, 0.5) is 0 Å². The molecular formula is C14H16ClN3OS. The van der Waals surface area contributed by atoms with Crippen LogP contribution in [0.15, 0.2) is 33.7 Å². The molecule has 0 unspecified atom stereocenters. The number of piperidine rings is 1. The lowest BCUT2D eigenvalue weighted by Crippen LogP contribution is -2.28. The van der Waals surface area contributed by atoms with E-state index in [0.717, 1.165) is 41.1 Å². The van der Waals surface area contributed by atoms with E-state index >= 15 is 0 Å². The topological polar surface area (TPSA) is 51.0 Å². The van der Waals surface area contributed by atoms with Crippen molar-refractivity contribution in [3.63, 3.8) is 0 Å². The van der Waals surface area contributed by atoms with E-state index in [-0.39, 0.29) is 0 Å². The molecule has 1 aromatic carbocycles. The minimum absolute atomic E-state index is 0.362. The summed E-state index contributed by atoms with van der Waals surface area (Å²) in [4.78, 5) is 5.61. The third-order valence-corrected chi connectivity index (χ3v) is 4.52. The normalized spacial score (nSPS) is 19.1. The molecule has 6 heteroatoms. The molecule has 20 heavy (non-hydrogen) atoms. The van der Waals surface area contributed by atoms with Crippen LogP contribution < -0.4 is 5.32 Å². The van der Waals surface area contributed by atoms with Crippen LogP contribution in [-0.4, -0.2) is 23.2 Å². The van der Waals surface area contributed by atoms with Gasteiger partial charge in [-0.3, -0.25) is 0 Å². The van der Waals surface area contributed by atoms with Crippen molar-refractivity contribution >= 4 is 23.4 Å². The molecule has 106 valence electrons. The number of thioether (sulfide) groups is 1. The molecule has 1 aliphatic heterocycles. The molecule has 0 bridgehead atoms. The Morgan fingerprint density at radius 3 is 3.20 bits per heavy atom. The van der Waals surface area contributed by atoms with Gasteiger partial charge in [0.1, 0.15) is 0 Å². The van der Waals surface area contributed by atoms with Crippen LogP contribution in [0.1, 0.15) is 30.5 Å². The van der Waals surface area contributed by atoms with Crippen molar-refractivity contribution in [2.24, 2.45) is 0 Å². The molecule has 0 aliphatic carbocycles. The minimum atomic E-state index is 0.362. The van der Waals surface area contributed by atoms with Crippen LogP contribution in [0.2, 0.25) is 5.02 Å². The Bertz CT molecular complexity index is 569. The highest BCUT2D eigenvalue weighted by Gasteiger charge is 2.21. The Morgan fingerprint density at radius 1 is 1.45 bits per heavy atom. The minimum Gasteiger partial charge on any atom is -0.339 e. The highest BCUT2D eigenvalue weighted by atomic mass is 35.5. The maximum atomic E-state index is 5.96. The first-order valence-electron chi connectivity index (χ1n) is 6.73. The molecule has 3 rings (SSSR count). The van der Waals surface area contributed by atoms with Crippen molar-refractivity contribution in [2.75, 3.05) is 13.1 Å². The summed E-state index contributed by atoms with van der Waals surface area (Å²) in [5.41, 5.74) is 0. The van der Waals surface area contributed by atoms with Crippen LogP contribution in [0.25, 0.3) is 0 Å². The van der Waals surface area contributed by atoms with Crippen molar-refractivity contribution in [2.45, 2.75) is 29.4 Å². The molecule has 0 saturated carbocycles. The van der Waals surface area contributed by atoms with Gasteiger partial charge in [0.15, 0.2) is 5.82 Å². The van der Waals surface area contributed by atoms with E-state index in [4.69, 9.17) is 16.1 Å². The molecule has 4 nitrogen and oxygen atoms in total. The van der Waals surface area contributed by atoms with E-state index in [1.54, 1.807) is 11.8 Å². The molecule has 1 saturated heterocycles. The Balaban J connectivity index is 1.59. The monoisotopic (exact) mass is 309 g/mol. The SMILES string of the molecule is Clc1cccc(SCc2noc([C@@H]3CCCNC3)n2)c1. The summed E-state index contributed by atoms with van der Waals surface area (Å²) in [6, 6.07) is 7.79. The number of benzene rings is 1. The number of hydrogen-bond acceptors (Lipinski definition) is 5. The van der Waals surface area contributed by atoms with Gasteiger partial charge in [0.05, 0.1) is 11.7 Å². The average molecular weight is 310 g/mol. The lowest BCUT2D eigenvalue weighted by molar-refractivity contribution is 0.320. The summed E-state index contributed by atoms with van der Waals surface area (Å²) in [5.74, 6) is 2.57. The summed E-state index contributed by atoms with van der Waals surface area (Å²) < 4.78 is 5.38. The van der Waals surface area contributed by atoms with Crippen molar-refractivity contribution in [1.82, 2.24) is 15.5 Å². The van der Waals surface area contributed by atoms with Gasteiger partial charge in [0.25, 0.3) is 0 Å². The Kier molecular flexibility index (Phi) is 4.60. The zero-order valence-corrected chi connectivity index (χ0v) is 12.6. The average Bonchev–Trinajstić information content (AvgIpc) is 2.95. The first-order chi connectivity index (χ1) is 9.81. The van der Waals surface area contributed by atoms with E-state index in [1.165, 1.54) is 6.42 Å². The maximum Gasteiger partial charge on any atom is 0.231 e. The summed E-state index contributed by atoms with van der Waals surface area (Å²) in [6.07, 6.45) is 2.29. The molecule has 2 heterocycles. The molecule has 0 radical (unpaired) electrons. The Morgan fingerprint density at radius 2 is 2.40 bits per heavy atom. The van der Waals surface area contributed by atoms with E-state index in [9.17, 15) is 0 Å². The predicted molar refractivity (Wildman–Crippen MR) is 80.2 cm³/mol. The zero-order valence-electron chi connectivity index (χ0n) is 11.0. The molecule has 1 aliphatic rings. The number of nitrogens with one attached hydrogen (secondary N) is 1. The van der Waals surface area contributed by atoms with Gasteiger partial charge >= 0.3 is 0 Å². The van der Waals surface area contributed by atoms with E-state index in [0.29, 0.717) is 11.7 Å². The predicted octanol–water partition coefficient (Wildman–Crippen LogP) is 3.48. The van der Waals surface area contributed by atoms with Gasteiger partial charge in [-0.05, 0) is 37.6 Å². The van der Waals surface area contributed by atoms with Crippen molar-refractivity contribution in [3.8, 4) is 0 Å². The summed E-state index contributed by atoms with van der Waals surface area (Å²) in [5, 5.41) is 8.17. The first-order valence-corrected chi connectivity index (χ1v) is 8.09. The van der Waals surface area contributed by atoms with Crippen molar-refractivity contribution in [1.29, 1.82) is 0 Å². The maximum absolute atomic E-state index is 5.96. The Hall–Kier alpha value is -1.04. The highest BCUT2D eigenvalue weighted by molar-refractivity contribution is 7.98.